The van der Waals surface area contributed by atoms with E-state index in [2.05, 4.69) is 10.3 Å². The summed E-state index contributed by atoms with van der Waals surface area (Å²) in [5.41, 5.74) is 5.74. The molecule has 1 rings (SSSR count). The van der Waals surface area contributed by atoms with Crippen molar-refractivity contribution in [1.29, 1.82) is 0 Å². The lowest BCUT2D eigenvalue weighted by molar-refractivity contribution is -0.142. The third-order valence-corrected chi connectivity index (χ3v) is 1.71. The summed E-state index contributed by atoms with van der Waals surface area (Å²) in [4.78, 5) is 21.0. The van der Waals surface area contributed by atoms with Crippen molar-refractivity contribution < 1.29 is 19.4 Å². The van der Waals surface area contributed by atoms with E-state index in [4.69, 9.17) is 15.6 Å². The molecule has 88 valence electrons. The largest absolute Gasteiger partial charge is 0.480 e. The van der Waals surface area contributed by atoms with E-state index < -0.39 is 18.0 Å². The molecule has 0 aliphatic carbocycles. The Morgan fingerprint density at radius 3 is 2.94 bits per heavy atom. The van der Waals surface area contributed by atoms with E-state index in [0.29, 0.717) is 5.69 Å². The van der Waals surface area contributed by atoms with E-state index in [-0.39, 0.29) is 13.2 Å². The molecule has 8 nitrogen and oxygen atoms in total. The Labute approximate surface area is 91.0 Å². The summed E-state index contributed by atoms with van der Waals surface area (Å²) < 4.78 is 5.98. The summed E-state index contributed by atoms with van der Waals surface area (Å²) in [7, 11) is 0. The second-order valence-electron chi connectivity index (χ2n) is 3.16. The van der Waals surface area contributed by atoms with Crippen LogP contribution in [0.3, 0.4) is 0 Å². The molecular formula is C8H12N4O4. The summed E-state index contributed by atoms with van der Waals surface area (Å²) >= 11 is 0. The van der Waals surface area contributed by atoms with E-state index in [0.717, 1.165) is 0 Å². The highest BCUT2D eigenvalue weighted by Gasteiger charge is 2.13. The van der Waals surface area contributed by atoms with Crippen molar-refractivity contribution in [3.63, 3.8) is 0 Å². The van der Waals surface area contributed by atoms with Crippen molar-refractivity contribution in [2.45, 2.75) is 26.1 Å². The number of hydrogen-bond acceptors (Lipinski definition) is 6. The van der Waals surface area contributed by atoms with Crippen LogP contribution in [0.15, 0.2) is 6.20 Å². The number of hydrogen-bond donors (Lipinski definition) is 2. The maximum Gasteiger partial charge on any atom is 0.322 e. The molecule has 0 spiro atoms. The first-order chi connectivity index (χ1) is 7.49. The molecule has 0 aliphatic rings. The summed E-state index contributed by atoms with van der Waals surface area (Å²) in [5.74, 6) is -1.53. The van der Waals surface area contributed by atoms with Crippen molar-refractivity contribution >= 4 is 11.9 Å². The summed E-state index contributed by atoms with van der Waals surface area (Å²) in [6.07, 6.45) is 1.48. The van der Waals surface area contributed by atoms with Gasteiger partial charge in [-0.1, -0.05) is 5.21 Å². The van der Waals surface area contributed by atoms with Crippen LogP contribution in [-0.4, -0.2) is 38.1 Å². The molecule has 1 aromatic heterocycles. The van der Waals surface area contributed by atoms with Crippen LogP contribution in [0.25, 0.3) is 0 Å². The molecule has 0 fully saturated rings. The van der Waals surface area contributed by atoms with Gasteiger partial charge in [0.05, 0.1) is 12.7 Å². The molecule has 0 bridgehead atoms. The zero-order valence-electron chi connectivity index (χ0n) is 8.66. The van der Waals surface area contributed by atoms with Crippen LogP contribution in [0.1, 0.15) is 12.6 Å². The van der Waals surface area contributed by atoms with Crippen LogP contribution >= 0.6 is 0 Å². The molecule has 16 heavy (non-hydrogen) atoms. The zero-order chi connectivity index (χ0) is 12.1. The minimum absolute atomic E-state index is 0.0116. The predicted molar refractivity (Wildman–Crippen MR) is 51.1 cm³/mol. The van der Waals surface area contributed by atoms with Gasteiger partial charge in [0.25, 0.3) is 0 Å². The number of nitrogens with zero attached hydrogens (tertiary/aromatic N) is 3. The van der Waals surface area contributed by atoms with Gasteiger partial charge in [0.15, 0.2) is 0 Å². The predicted octanol–water partition coefficient (Wildman–Crippen LogP) is -1.25. The van der Waals surface area contributed by atoms with Crippen LogP contribution in [0.4, 0.5) is 0 Å². The van der Waals surface area contributed by atoms with Gasteiger partial charge >= 0.3 is 11.9 Å². The smallest absolute Gasteiger partial charge is 0.322 e. The fraction of sp³-hybridized carbons (Fsp3) is 0.500. The van der Waals surface area contributed by atoms with Crippen LogP contribution < -0.4 is 5.73 Å². The van der Waals surface area contributed by atoms with Crippen LogP contribution in [0, 0.1) is 0 Å². The lowest BCUT2D eigenvalue weighted by Gasteiger charge is -2.04. The van der Waals surface area contributed by atoms with Gasteiger partial charge < -0.3 is 15.6 Å². The molecule has 0 saturated carbocycles. The van der Waals surface area contributed by atoms with E-state index in [1.807, 2.05) is 0 Å². The number of aliphatic carboxylic acids is 1. The molecule has 1 aromatic rings. The molecule has 8 heteroatoms. The number of nitrogens with two attached hydrogens (primary N) is 1. The first kappa shape index (κ1) is 12.1. The highest BCUT2D eigenvalue weighted by Crippen LogP contribution is 1.97. The summed E-state index contributed by atoms with van der Waals surface area (Å²) in [6, 6.07) is -1.04. The second-order valence-corrected chi connectivity index (χ2v) is 3.16. The lowest BCUT2D eigenvalue weighted by Crippen LogP contribution is -2.34. The quantitative estimate of drug-likeness (QED) is 0.604. The maximum absolute atomic E-state index is 10.5. The Morgan fingerprint density at radius 2 is 2.38 bits per heavy atom. The van der Waals surface area contributed by atoms with E-state index >= 15 is 0 Å². The van der Waals surface area contributed by atoms with Crippen LogP contribution in [0.5, 0.6) is 0 Å². The van der Waals surface area contributed by atoms with E-state index in [1.165, 1.54) is 17.8 Å². The Hall–Kier alpha value is -1.96. The lowest BCUT2D eigenvalue weighted by atomic mass is 10.3. The van der Waals surface area contributed by atoms with Crippen molar-refractivity contribution in [2.75, 3.05) is 0 Å². The highest BCUT2D eigenvalue weighted by atomic mass is 16.5. The Morgan fingerprint density at radius 1 is 1.69 bits per heavy atom. The van der Waals surface area contributed by atoms with Gasteiger partial charge in [-0.3, -0.25) is 9.59 Å². The molecule has 0 unspecified atom stereocenters. The molecule has 1 atom stereocenters. The van der Waals surface area contributed by atoms with Crippen molar-refractivity contribution in [1.82, 2.24) is 15.0 Å². The number of carbonyl (C=O) groups is 2. The average Bonchev–Trinajstić information content (AvgIpc) is 2.62. The zero-order valence-corrected chi connectivity index (χ0v) is 8.66. The van der Waals surface area contributed by atoms with Gasteiger partial charge in [0.2, 0.25) is 0 Å². The number of carbonyl (C=O) groups excluding carboxylic acids is 1. The molecule has 0 aromatic carbocycles. The van der Waals surface area contributed by atoms with Gasteiger partial charge in [0, 0.05) is 6.92 Å². The molecule has 0 radical (unpaired) electrons. The average molecular weight is 228 g/mol. The number of ether oxygens (including phenoxy) is 1. The molecule has 1 heterocycles. The third-order valence-electron chi connectivity index (χ3n) is 1.71. The van der Waals surface area contributed by atoms with Gasteiger partial charge in [0.1, 0.15) is 18.3 Å². The van der Waals surface area contributed by atoms with Crippen LogP contribution in [0.2, 0.25) is 0 Å². The fourth-order valence-electron chi connectivity index (χ4n) is 0.949. The number of aromatic nitrogens is 3. The minimum Gasteiger partial charge on any atom is -0.480 e. The normalized spacial score (nSPS) is 12.1. The Bertz CT molecular complexity index is 389. The summed E-state index contributed by atoms with van der Waals surface area (Å²) in [6.45, 7) is 1.31. The number of carboxylic acids is 1. The number of esters is 1. The monoisotopic (exact) mass is 228 g/mol. The molecular weight excluding hydrogens is 216 g/mol. The standard InChI is InChI=1S/C8H12N4O4/c1-5(13)16-4-6-2-12(11-10-6)3-7(9)8(14)15/h2,7H,3-4,9H2,1H3,(H,14,15)/t7-/m0/s1. The molecule has 3 N–H and O–H groups in total. The van der Waals surface area contributed by atoms with Crippen molar-refractivity contribution in [3.8, 4) is 0 Å². The fourth-order valence-corrected chi connectivity index (χ4v) is 0.949. The number of carboxylic acid groups (broad SMARTS) is 1. The Balaban J connectivity index is 2.51. The van der Waals surface area contributed by atoms with Gasteiger partial charge in [-0.25, -0.2) is 4.68 Å². The van der Waals surface area contributed by atoms with Gasteiger partial charge in [-0.15, -0.1) is 5.10 Å². The van der Waals surface area contributed by atoms with Crippen molar-refractivity contribution in [2.24, 2.45) is 5.73 Å². The highest BCUT2D eigenvalue weighted by molar-refractivity contribution is 5.72. The molecule has 0 amide bonds. The van der Waals surface area contributed by atoms with E-state index in [9.17, 15) is 9.59 Å². The van der Waals surface area contributed by atoms with Crippen LogP contribution in [-0.2, 0) is 27.5 Å². The van der Waals surface area contributed by atoms with Gasteiger partial charge in [-0.05, 0) is 0 Å². The molecule has 0 aliphatic heterocycles. The maximum atomic E-state index is 10.5. The first-order valence-corrected chi connectivity index (χ1v) is 4.50. The first-order valence-electron chi connectivity index (χ1n) is 4.50. The SMILES string of the molecule is CC(=O)OCc1cn(C[C@H](N)C(=O)O)nn1. The third kappa shape index (κ3) is 3.65. The van der Waals surface area contributed by atoms with Gasteiger partial charge in [-0.2, -0.15) is 0 Å². The van der Waals surface area contributed by atoms with Crippen molar-refractivity contribution in [3.05, 3.63) is 11.9 Å². The topological polar surface area (TPSA) is 120 Å². The number of rotatable bonds is 5. The van der Waals surface area contributed by atoms with E-state index in [1.54, 1.807) is 0 Å². The minimum atomic E-state index is -1.11. The Kier molecular flexibility index (Phi) is 3.95. The molecule has 0 saturated heterocycles. The second kappa shape index (κ2) is 5.21. The summed E-state index contributed by atoms with van der Waals surface area (Å²) in [5, 5.41) is 15.9.